The van der Waals surface area contributed by atoms with Crippen molar-refractivity contribution in [1.29, 1.82) is 0 Å². The Morgan fingerprint density at radius 3 is 2.14 bits per heavy atom. The first-order chi connectivity index (χ1) is 12.8. The second-order valence-electron chi connectivity index (χ2n) is 6.46. The number of hydrogen-bond donors (Lipinski definition) is 1. The lowest BCUT2D eigenvalue weighted by Crippen LogP contribution is -2.32. The zero-order valence-electron chi connectivity index (χ0n) is 15.9. The van der Waals surface area contributed by atoms with Crippen molar-refractivity contribution >= 4 is 22.4 Å². The molecule has 0 aliphatic carbocycles. The molecule has 1 aromatic heterocycles. The van der Waals surface area contributed by atoms with Crippen LogP contribution in [0.5, 0.6) is 0 Å². The number of aromatic nitrogens is 2. The van der Waals surface area contributed by atoms with Crippen molar-refractivity contribution in [3.8, 4) is 22.8 Å². The molecule has 7 nitrogen and oxygen atoms in total. The zero-order chi connectivity index (χ0) is 19.6. The number of rotatable bonds is 6. The van der Waals surface area contributed by atoms with E-state index < -0.39 is 10.0 Å². The molecule has 1 heterocycles. The largest absolute Gasteiger partial charge is 0.334 e. The Bertz CT molecular complexity index is 1020. The fourth-order valence-electron chi connectivity index (χ4n) is 2.46. The number of benzene rings is 2. The quantitative estimate of drug-likeness (QED) is 0.653. The minimum absolute atomic E-state index is 0. The summed E-state index contributed by atoms with van der Waals surface area (Å²) in [4.78, 5) is 4.61. The van der Waals surface area contributed by atoms with Gasteiger partial charge in [0.05, 0.1) is 4.90 Å². The topological polar surface area (TPSA) is 102 Å². The standard InChI is InChI=1S/C19H22N4O3S.ClH/c1-13(2)23(3)27(24,25)17-10-8-16(9-11-17)19-21-18(22-26-19)15-6-4-14(12-20)5-7-15;/h4-11,13H,12,20H2,1-3H3;1H. The van der Waals surface area contributed by atoms with Crippen LogP contribution in [0.1, 0.15) is 19.4 Å². The van der Waals surface area contributed by atoms with Gasteiger partial charge in [-0.1, -0.05) is 29.4 Å². The van der Waals surface area contributed by atoms with E-state index >= 15 is 0 Å². The van der Waals surface area contributed by atoms with Gasteiger partial charge in [0.15, 0.2) is 0 Å². The Hall–Kier alpha value is -2.26. The third kappa shape index (κ3) is 4.41. The average Bonchev–Trinajstić information content (AvgIpc) is 3.17. The van der Waals surface area contributed by atoms with Crippen molar-refractivity contribution in [2.75, 3.05) is 7.05 Å². The van der Waals surface area contributed by atoms with Crippen molar-refractivity contribution < 1.29 is 12.9 Å². The molecule has 0 fully saturated rings. The summed E-state index contributed by atoms with van der Waals surface area (Å²) >= 11 is 0. The predicted octanol–water partition coefficient (Wildman–Crippen LogP) is 3.31. The highest BCUT2D eigenvalue weighted by atomic mass is 35.5. The van der Waals surface area contributed by atoms with Gasteiger partial charge >= 0.3 is 0 Å². The van der Waals surface area contributed by atoms with Gasteiger partial charge in [-0.05, 0) is 43.7 Å². The molecule has 0 unspecified atom stereocenters. The minimum Gasteiger partial charge on any atom is -0.334 e. The molecule has 2 aromatic carbocycles. The Morgan fingerprint density at radius 2 is 1.61 bits per heavy atom. The van der Waals surface area contributed by atoms with Crippen molar-refractivity contribution in [2.45, 2.75) is 31.3 Å². The summed E-state index contributed by atoms with van der Waals surface area (Å²) in [6, 6.07) is 13.9. The Kier molecular flexibility index (Phi) is 6.95. The zero-order valence-corrected chi connectivity index (χ0v) is 17.5. The van der Waals surface area contributed by atoms with Crippen molar-refractivity contribution in [3.05, 3.63) is 54.1 Å². The first-order valence-corrected chi connectivity index (χ1v) is 9.98. The summed E-state index contributed by atoms with van der Waals surface area (Å²) in [5.41, 5.74) is 8.09. The van der Waals surface area contributed by atoms with Gasteiger partial charge in [0, 0.05) is 30.8 Å². The monoisotopic (exact) mass is 422 g/mol. The van der Waals surface area contributed by atoms with E-state index in [2.05, 4.69) is 10.1 Å². The SMILES string of the molecule is CC(C)N(C)S(=O)(=O)c1ccc(-c2nc(-c3ccc(CN)cc3)no2)cc1.Cl. The highest BCUT2D eigenvalue weighted by molar-refractivity contribution is 7.89. The summed E-state index contributed by atoms with van der Waals surface area (Å²) in [7, 11) is -1.96. The molecule has 2 N–H and O–H groups in total. The number of sulfonamides is 1. The molecule has 3 aromatic rings. The number of nitrogens with two attached hydrogens (primary N) is 1. The molecule has 0 spiro atoms. The van der Waals surface area contributed by atoms with Crippen LogP contribution in [0.15, 0.2) is 57.9 Å². The van der Waals surface area contributed by atoms with E-state index in [0.29, 0.717) is 23.8 Å². The smallest absolute Gasteiger partial charge is 0.258 e. The third-order valence-corrected chi connectivity index (χ3v) is 6.43. The lowest BCUT2D eigenvalue weighted by atomic mass is 10.1. The minimum atomic E-state index is -3.53. The van der Waals surface area contributed by atoms with Gasteiger partial charge in [0.2, 0.25) is 15.8 Å². The van der Waals surface area contributed by atoms with Crippen LogP contribution in [-0.4, -0.2) is 36.0 Å². The van der Waals surface area contributed by atoms with E-state index in [4.69, 9.17) is 10.3 Å². The van der Waals surface area contributed by atoms with Crippen LogP contribution in [0.25, 0.3) is 22.8 Å². The summed E-state index contributed by atoms with van der Waals surface area (Å²) in [5, 5.41) is 4.00. The molecule has 9 heteroatoms. The number of halogens is 1. The first-order valence-electron chi connectivity index (χ1n) is 8.54. The molecule has 3 rings (SSSR count). The molecule has 0 saturated heterocycles. The van der Waals surface area contributed by atoms with Crippen molar-refractivity contribution in [1.82, 2.24) is 14.4 Å². The molecule has 0 aliphatic heterocycles. The summed E-state index contributed by atoms with van der Waals surface area (Å²) in [6.07, 6.45) is 0. The lowest BCUT2D eigenvalue weighted by molar-refractivity contribution is 0.410. The average molecular weight is 423 g/mol. The van der Waals surface area contributed by atoms with Crippen LogP contribution < -0.4 is 5.73 Å². The van der Waals surface area contributed by atoms with Crippen molar-refractivity contribution in [3.63, 3.8) is 0 Å². The van der Waals surface area contributed by atoms with Crippen molar-refractivity contribution in [2.24, 2.45) is 5.73 Å². The summed E-state index contributed by atoms with van der Waals surface area (Å²) in [5.74, 6) is 0.791. The molecule has 0 saturated carbocycles. The molecular formula is C19H23ClN4O3S. The fourth-order valence-corrected chi connectivity index (χ4v) is 3.83. The summed E-state index contributed by atoms with van der Waals surface area (Å²) in [6.45, 7) is 4.12. The maximum absolute atomic E-state index is 12.5. The van der Waals surface area contributed by atoms with Gasteiger partial charge in [-0.2, -0.15) is 9.29 Å². The molecular weight excluding hydrogens is 400 g/mol. The van der Waals surface area contributed by atoms with Gasteiger partial charge in [-0.3, -0.25) is 0 Å². The Labute approximate surface area is 171 Å². The highest BCUT2D eigenvalue weighted by Gasteiger charge is 2.23. The molecule has 0 radical (unpaired) electrons. The van der Waals surface area contributed by atoms with E-state index in [-0.39, 0.29) is 23.3 Å². The molecule has 0 bridgehead atoms. The Morgan fingerprint density at radius 1 is 1.04 bits per heavy atom. The van der Waals surface area contributed by atoms with Gasteiger partial charge in [0.25, 0.3) is 5.89 Å². The maximum Gasteiger partial charge on any atom is 0.258 e. The third-order valence-electron chi connectivity index (χ3n) is 4.38. The van der Waals surface area contributed by atoms with Crippen LogP contribution in [-0.2, 0) is 16.6 Å². The molecule has 0 amide bonds. The fraction of sp³-hybridized carbons (Fsp3) is 0.263. The van der Waals surface area contributed by atoms with Gasteiger partial charge in [-0.15, -0.1) is 12.4 Å². The van der Waals surface area contributed by atoms with Gasteiger partial charge in [-0.25, -0.2) is 8.42 Å². The van der Waals surface area contributed by atoms with E-state index in [0.717, 1.165) is 11.1 Å². The second-order valence-corrected chi connectivity index (χ2v) is 8.46. The Balaban J connectivity index is 0.00000280. The van der Waals surface area contributed by atoms with E-state index in [1.165, 1.54) is 4.31 Å². The number of nitrogens with zero attached hydrogens (tertiary/aromatic N) is 3. The maximum atomic E-state index is 12.5. The van der Waals surface area contributed by atoms with Gasteiger partial charge in [0.1, 0.15) is 0 Å². The number of hydrogen-bond acceptors (Lipinski definition) is 6. The normalized spacial score (nSPS) is 11.6. The second kappa shape index (κ2) is 8.83. The van der Waals surface area contributed by atoms with E-state index in [1.807, 2.05) is 38.1 Å². The van der Waals surface area contributed by atoms with Crippen LogP contribution in [0, 0.1) is 0 Å². The molecule has 28 heavy (non-hydrogen) atoms. The van der Waals surface area contributed by atoms with Crippen LogP contribution in [0.2, 0.25) is 0 Å². The first kappa shape index (κ1) is 22.0. The van der Waals surface area contributed by atoms with E-state index in [9.17, 15) is 8.42 Å². The molecule has 0 atom stereocenters. The molecule has 150 valence electrons. The molecule has 0 aliphatic rings. The predicted molar refractivity (Wildman–Crippen MR) is 110 cm³/mol. The lowest BCUT2D eigenvalue weighted by Gasteiger charge is -2.20. The van der Waals surface area contributed by atoms with Crippen LogP contribution in [0.3, 0.4) is 0 Å². The summed E-state index contributed by atoms with van der Waals surface area (Å²) < 4.78 is 31.7. The van der Waals surface area contributed by atoms with Crippen LogP contribution >= 0.6 is 12.4 Å². The van der Waals surface area contributed by atoms with E-state index in [1.54, 1.807) is 31.3 Å². The highest BCUT2D eigenvalue weighted by Crippen LogP contribution is 2.25. The van der Waals surface area contributed by atoms with Gasteiger partial charge < -0.3 is 10.3 Å². The van der Waals surface area contributed by atoms with Crippen LogP contribution in [0.4, 0.5) is 0 Å².